The Morgan fingerprint density at radius 2 is 2.24 bits per heavy atom. The maximum Gasteiger partial charge on any atom is 0.327 e. The zero-order chi connectivity index (χ0) is 15.4. The zero-order valence-corrected chi connectivity index (χ0v) is 12.4. The number of fused-ring (bicyclic) bond motifs is 1. The van der Waals surface area contributed by atoms with Crippen molar-refractivity contribution in [3.8, 4) is 0 Å². The van der Waals surface area contributed by atoms with Crippen LogP contribution < -0.4 is 0 Å². The van der Waals surface area contributed by atoms with Gasteiger partial charge < -0.3 is 15.1 Å². The van der Waals surface area contributed by atoms with E-state index >= 15 is 0 Å². The molecule has 3 heterocycles. The normalized spacial score (nSPS) is 31.5. The molecule has 0 bridgehead atoms. The summed E-state index contributed by atoms with van der Waals surface area (Å²) in [5, 5.41) is 19.5. The monoisotopic (exact) mass is 308 g/mol. The molecule has 2 aliphatic rings. The van der Waals surface area contributed by atoms with Gasteiger partial charge in [-0.15, -0.1) is 11.8 Å². The van der Waals surface area contributed by atoms with Crippen LogP contribution in [0.2, 0.25) is 0 Å². The van der Waals surface area contributed by atoms with Crippen LogP contribution in [0.25, 0.3) is 0 Å². The highest BCUT2D eigenvalue weighted by Crippen LogP contribution is 2.55. The second kappa shape index (κ2) is 4.71. The van der Waals surface area contributed by atoms with Gasteiger partial charge in [-0.05, 0) is 25.5 Å². The van der Waals surface area contributed by atoms with E-state index in [2.05, 4.69) is 4.98 Å². The first-order chi connectivity index (χ1) is 9.84. The molecular formula is C14H16N2O4S. The van der Waals surface area contributed by atoms with E-state index in [1.807, 2.05) is 13.8 Å². The topological polar surface area (TPSA) is 90.7 Å². The Kier molecular flexibility index (Phi) is 3.22. The lowest BCUT2D eigenvalue weighted by molar-refractivity contribution is -0.169. The van der Waals surface area contributed by atoms with Crippen LogP contribution in [0.3, 0.4) is 0 Å². The van der Waals surface area contributed by atoms with Gasteiger partial charge in [-0.3, -0.25) is 9.78 Å². The summed E-state index contributed by atoms with van der Waals surface area (Å²) < 4.78 is -0.574. The summed E-state index contributed by atoms with van der Waals surface area (Å²) >= 11 is 1.43. The van der Waals surface area contributed by atoms with Gasteiger partial charge in [0.25, 0.3) is 0 Å². The number of hydrogen-bond acceptors (Lipinski definition) is 5. The number of nitrogens with zero attached hydrogens (tertiary/aromatic N) is 2. The first kappa shape index (κ1) is 14.3. The first-order valence-electron chi connectivity index (χ1n) is 6.65. The van der Waals surface area contributed by atoms with E-state index in [0.29, 0.717) is 5.56 Å². The second-order valence-electron chi connectivity index (χ2n) is 5.86. The van der Waals surface area contributed by atoms with E-state index in [9.17, 15) is 19.8 Å². The molecule has 2 fully saturated rings. The van der Waals surface area contributed by atoms with Gasteiger partial charge in [-0.1, -0.05) is 6.07 Å². The fraction of sp³-hybridized carbons (Fsp3) is 0.500. The van der Waals surface area contributed by atoms with E-state index in [4.69, 9.17) is 0 Å². The summed E-state index contributed by atoms with van der Waals surface area (Å²) in [6, 6.07) is 2.57. The Morgan fingerprint density at radius 3 is 2.81 bits per heavy atom. The fourth-order valence-electron chi connectivity index (χ4n) is 3.09. The van der Waals surface area contributed by atoms with Crippen LogP contribution in [0.4, 0.5) is 0 Å². The molecule has 2 saturated heterocycles. The third kappa shape index (κ3) is 2.03. The summed E-state index contributed by atoms with van der Waals surface area (Å²) in [4.78, 5) is 29.1. The van der Waals surface area contributed by atoms with Crippen LogP contribution in [0.15, 0.2) is 24.5 Å². The fourth-order valence-corrected chi connectivity index (χ4v) is 4.81. The Bertz CT molecular complexity index is 592. The van der Waals surface area contributed by atoms with Crippen LogP contribution in [0, 0.1) is 5.92 Å². The molecular weight excluding hydrogens is 292 g/mol. The molecule has 4 atom stereocenters. The van der Waals surface area contributed by atoms with Gasteiger partial charge in [0.1, 0.15) is 6.04 Å². The summed E-state index contributed by atoms with van der Waals surface area (Å²) in [5.74, 6) is -1.91. The number of aliphatic hydroxyl groups is 1. The molecule has 0 spiro atoms. The van der Waals surface area contributed by atoms with Gasteiger partial charge in [0.2, 0.25) is 5.91 Å². The number of aromatic nitrogens is 1. The molecule has 0 saturated carbocycles. The molecule has 1 aromatic rings. The third-order valence-electron chi connectivity index (χ3n) is 4.08. The van der Waals surface area contributed by atoms with Gasteiger partial charge in [0, 0.05) is 17.1 Å². The van der Waals surface area contributed by atoms with E-state index in [1.54, 1.807) is 18.3 Å². The van der Waals surface area contributed by atoms with Crippen molar-refractivity contribution in [2.75, 3.05) is 0 Å². The molecule has 1 amide bonds. The van der Waals surface area contributed by atoms with Gasteiger partial charge >= 0.3 is 5.97 Å². The van der Waals surface area contributed by atoms with E-state index < -0.39 is 28.8 Å². The molecule has 0 aliphatic carbocycles. The molecule has 1 unspecified atom stereocenters. The molecule has 3 rings (SSSR count). The van der Waals surface area contributed by atoms with Crippen molar-refractivity contribution < 1.29 is 19.8 Å². The van der Waals surface area contributed by atoms with Gasteiger partial charge in [0.05, 0.1) is 17.4 Å². The largest absolute Gasteiger partial charge is 0.480 e. The first-order valence-corrected chi connectivity index (χ1v) is 7.53. The molecule has 2 N–H and O–H groups in total. The second-order valence-corrected chi connectivity index (χ2v) is 7.63. The maximum atomic E-state index is 12.3. The summed E-state index contributed by atoms with van der Waals surface area (Å²) in [6.07, 6.45) is 2.17. The SMILES string of the molecule is CC1(C)S[C@@H]2[C@H](C(O)c3cccnc3)C(=O)N2[C@H]1C(=O)O. The molecule has 7 heteroatoms. The Hall–Kier alpha value is -1.60. The summed E-state index contributed by atoms with van der Waals surface area (Å²) in [6.45, 7) is 3.63. The van der Waals surface area contributed by atoms with Crippen LogP contribution >= 0.6 is 11.8 Å². The van der Waals surface area contributed by atoms with Crippen molar-refractivity contribution in [1.82, 2.24) is 9.88 Å². The number of β-lactam (4-membered cyclic amide) rings is 1. The highest BCUT2D eigenvalue weighted by molar-refractivity contribution is 8.01. The minimum Gasteiger partial charge on any atom is -0.480 e. The van der Waals surface area contributed by atoms with Crippen molar-refractivity contribution >= 4 is 23.6 Å². The molecule has 2 aliphatic heterocycles. The molecule has 1 aromatic heterocycles. The van der Waals surface area contributed by atoms with Crippen LogP contribution in [-0.4, -0.2) is 48.1 Å². The minimum absolute atomic E-state index is 0.302. The van der Waals surface area contributed by atoms with Gasteiger partial charge in [0.15, 0.2) is 0 Å². The average molecular weight is 308 g/mol. The van der Waals surface area contributed by atoms with Crippen molar-refractivity contribution in [3.63, 3.8) is 0 Å². The number of carbonyl (C=O) groups excluding carboxylic acids is 1. The molecule has 112 valence electrons. The standard InChI is InChI=1S/C14H16N2O4S/c1-14(2)10(13(19)20)16-11(18)8(12(16)21-14)9(17)7-4-3-5-15-6-7/h3-6,8-10,12,17H,1-2H3,(H,19,20)/t8-,9?,10+,12-/m1/s1. The van der Waals surface area contributed by atoms with E-state index in [1.165, 1.54) is 22.9 Å². The lowest BCUT2D eigenvalue weighted by atomic mass is 9.85. The smallest absolute Gasteiger partial charge is 0.327 e. The minimum atomic E-state index is -1.00. The van der Waals surface area contributed by atoms with Crippen molar-refractivity contribution in [3.05, 3.63) is 30.1 Å². The number of carbonyl (C=O) groups is 2. The number of amides is 1. The maximum absolute atomic E-state index is 12.3. The number of pyridine rings is 1. The molecule has 0 radical (unpaired) electrons. The lowest BCUT2D eigenvalue weighted by Crippen LogP contribution is -2.63. The zero-order valence-electron chi connectivity index (χ0n) is 11.6. The number of rotatable bonds is 3. The van der Waals surface area contributed by atoms with Crippen molar-refractivity contribution in [2.45, 2.75) is 36.1 Å². The van der Waals surface area contributed by atoms with Crippen molar-refractivity contribution in [2.24, 2.45) is 5.92 Å². The Labute approximate surface area is 126 Å². The predicted molar refractivity (Wildman–Crippen MR) is 76.4 cm³/mol. The number of aliphatic carboxylic acids is 1. The summed E-state index contributed by atoms with van der Waals surface area (Å²) in [5.41, 5.74) is 0.577. The Morgan fingerprint density at radius 1 is 1.52 bits per heavy atom. The van der Waals surface area contributed by atoms with Crippen LogP contribution in [0.1, 0.15) is 25.5 Å². The van der Waals surface area contributed by atoms with Gasteiger partial charge in [-0.25, -0.2) is 4.79 Å². The third-order valence-corrected chi connectivity index (χ3v) is 5.67. The number of hydrogen-bond donors (Lipinski definition) is 2. The molecule has 21 heavy (non-hydrogen) atoms. The lowest BCUT2D eigenvalue weighted by Gasteiger charge is -2.45. The highest BCUT2D eigenvalue weighted by atomic mass is 32.2. The number of thioether (sulfide) groups is 1. The number of carboxylic acid groups (broad SMARTS) is 1. The number of carboxylic acids is 1. The van der Waals surface area contributed by atoms with Crippen LogP contribution in [-0.2, 0) is 9.59 Å². The summed E-state index contributed by atoms with van der Waals surface area (Å²) in [7, 11) is 0. The van der Waals surface area contributed by atoms with Gasteiger partial charge in [-0.2, -0.15) is 0 Å². The molecule has 6 nitrogen and oxygen atoms in total. The van der Waals surface area contributed by atoms with E-state index in [0.717, 1.165) is 0 Å². The van der Waals surface area contributed by atoms with E-state index in [-0.39, 0.29) is 11.3 Å². The quantitative estimate of drug-likeness (QED) is 0.806. The van der Waals surface area contributed by atoms with Crippen molar-refractivity contribution in [1.29, 1.82) is 0 Å². The number of aliphatic hydroxyl groups excluding tert-OH is 1. The van der Waals surface area contributed by atoms with Crippen LogP contribution in [0.5, 0.6) is 0 Å². The highest BCUT2D eigenvalue weighted by Gasteiger charge is 2.65. The predicted octanol–water partition coefficient (Wildman–Crippen LogP) is 0.878. The average Bonchev–Trinajstić information content (AvgIpc) is 2.68. The molecule has 0 aromatic carbocycles. The Balaban J connectivity index is 1.87.